The predicted molar refractivity (Wildman–Crippen MR) is 123 cm³/mol. The summed E-state index contributed by atoms with van der Waals surface area (Å²) in [4.78, 5) is 22.0. The summed E-state index contributed by atoms with van der Waals surface area (Å²) in [6.45, 7) is 4.56. The molecule has 1 amide bonds. The quantitative estimate of drug-likeness (QED) is 0.539. The van der Waals surface area contributed by atoms with Crippen molar-refractivity contribution in [3.8, 4) is 0 Å². The molecule has 2 aliphatic rings. The maximum absolute atomic E-state index is 12.7. The molecule has 2 aliphatic heterocycles. The molecule has 2 fully saturated rings. The standard InChI is InChI=1S/C24H26N4O3S/c1-16-12-20(32-21(16)22(30)26-14-17-6-5-9-25-13-17)28-11-10-27(23-24(28)31-23)15-19(29)18-7-3-2-4-8-18/h2-9,12-13,19,23-24,29H,10-11,14-15H2,1H3,(H,26,30). The molecule has 3 unspecified atom stereocenters. The number of aliphatic hydroxyl groups is 1. The highest BCUT2D eigenvalue weighted by Gasteiger charge is 2.51. The number of β-amino-alcohol motifs (C(OH)–C–C–N with tert-alkyl or cyclic N) is 1. The summed E-state index contributed by atoms with van der Waals surface area (Å²) in [5, 5.41) is 14.6. The van der Waals surface area contributed by atoms with Gasteiger partial charge in [-0.05, 0) is 35.7 Å². The van der Waals surface area contributed by atoms with Crippen molar-refractivity contribution in [1.82, 2.24) is 15.2 Å². The summed E-state index contributed by atoms with van der Waals surface area (Å²) in [7, 11) is 0. The lowest BCUT2D eigenvalue weighted by molar-refractivity contribution is 0.0843. The van der Waals surface area contributed by atoms with Crippen molar-refractivity contribution in [2.75, 3.05) is 24.5 Å². The maximum atomic E-state index is 12.7. The van der Waals surface area contributed by atoms with Gasteiger partial charge in [0.1, 0.15) is 0 Å². The zero-order valence-electron chi connectivity index (χ0n) is 17.8. The molecule has 2 N–H and O–H groups in total. The minimum atomic E-state index is -0.535. The van der Waals surface area contributed by atoms with Crippen LogP contribution < -0.4 is 10.2 Å². The van der Waals surface area contributed by atoms with Crippen molar-refractivity contribution in [1.29, 1.82) is 0 Å². The van der Waals surface area contributed by atoms with E-state index in [0.717, 1.165) is 39.7 Å². The zero-order valence-corrected chi connectivity index (χ0v) is 18.7. The number of nitrogens with one attached hydrogen (secondary N) is 1. The van der Waals surface area contributed by atoms with Gasteiger partial charge in [0.2, 0.25) is 0 Å². The van der Waals surface area contributed by atoms with Crippen LogP contribution in [0.2, 0.25) is 0 Å². The van der Waals surface area contributed by atoms with Crippen molar-refractivity contribution in [3.05, 3.63) is 82.5 Å². The van der Waals surface area contributed by atoms with Crippen molar-refractivity contribution in [2.45, 2.75) is 32.0 Å². The van der Waals surface area contributed by atoms with Crippen LogP contribution in [0.15, 0.2) is 60.9 Å². The van der Waals surface area contributed by atoms with Gasteiger partial charge in [-0.3, -0.25) is 14.7 Å². The topological polar surface area (TPSA) is 81.2 Å². The molecule has 7 nitrogen and oxygen atoms in total. The Hall–Kier alpha value is -2.78. The van der Waals surface area contributed by atoms with Crippen LogP contribution in [0, 0.1) is 6.92 Å². The van der Waals surface area contributed by atoms with E-state index in [2.05, 4.69) is 26.2 Å². The Labute approximate surface area is 191 Å². The van der Waals surface area contributed by atoms with Crippen molar-refractivity contribution < 1.29 is 14.6 Å². The first kappa shape index (κ1) is 21.1. The van der Waals surface area contributed by atoms with E-state index in [9.17, 15) is 9.90 Å². The minimum Gasteiger partial charge on any atom is -0.387 e. The van der Waals surface area contributed by atoms with E-state index in [1.807, 2.05) is 49.4 Å². The number of thiophene rings is 1. The molecule has 0 spiro atoms. The van der Waals surface area contributed by atoms with Gasteiger partial charge in [-0.1, -0.05) is 36.4 Å². The van der Waals surface area contributed by atoms with Crippen LogP contribution in [-0.4, -0.2) is 53.0 Å². The Bertz CT molecular complexity index is 1080. The monoisotopic (exact) mass is 450 g/mol. The van der Waals surface area contributed by atoms with Crippen LogP contribution in [0.1, 0.15) is 32.5 Å². The second-order valence-electron chi connectivity index (χ2n) is 8.17. The number of piperazine rings is 1. The first-order valence-electron chi connectivity index (χ1n) is 10.8. The van der Waals surface area contributed by atoms with Crippen LogP contribution in [0.3, 0.4) is 0 Å². The largest absolute Gasteiger partial charge is 0.387 e. The molecule has 2 aromatic heterocycles. The number of carbonyl (C=O) groups is 1. The van der Waals surface area contributed by atoms with Gasteiger partial charge in [-0.2, -0.15) is 0 Å². The van der Waals surface area contributed by atoms with Crippen molar-refractivity contribution >= 4 is 22.2 Å². The van der Waals surface area contributed by atoms with Gasteiger partial charge in [0.25, 0.3) is 5.91 Å². The predicted octanol–water partition coefficient (Wildman–Crippen LogP) is 2.92. The average Bonchev–Trinajstić information content (AvgIpc) is 3.54. The number of amides is 1. The Kier molecular flexibility index (Phi) is 5.93. The molecule has 0 bridgehead atoms. The third-order valence-electron chi connectivity index (χ3n) is 5.90. The second kappa shape index (κ2) is 8.99. The number of hydrogen-bond donors (Lipinski definition) is 2. The van der Waals surface area contributed by atoms with E-state index < -0.39 is 6.10 Å². The average molecular weight is 451 g/mol. The Morgan fingerprint density at radius 3 is 2.88 bits per heavy atom. The molecule has 8 heteroatoms. The molecule has 32 heavy (non-hydrogen) atoms. The molecule has 0 radical (unpaired) electrons. The number of fused-ring (bicyclic) bond motifs is 1. The number of aryl methyl sites for hydroxylation is 1. The number of aliphatic hydroxyl groups excluding tert-OH is 1. The van der Waals surface area contributed by atoms with Crippen LogP contribution in [0.4, 0.5) is 5.00 Å². The van der Waals surface area contributed by atoms with E-state index >= 15 is 0 Å². The van der Waals surface area contributed by atoms with Crippen molar-refractivity contribution in [3.63, 3.8) is 0 Å². The molecule has 5 rings (SSSR count). The molecule has 3 atom stereocenters. The van der Waals surface area contributed by atoms with E-state index in [0.29, 0.717) is 13.1 Å². The Morgan fingerprint density at radius 1 is 1.25 bits per heavy atom. The normalized spacial score (nSPS) is 21.1. The molecule has 0 saturated carbocycles. The van der Waals surface area contributed by atoms with Crippen LogP contribution in [0.5, 0.6) is 0 Å². The van der Waals surface area contributed by atoms with Crippen LogP contribution in [0.25, 0.3) is 0 Å². The lowest BCUT2D eigenvalue weighted by Crippen LogP contribution is -2.47. The van der Waals surface area contributed by atoms with E-state index in [-0.39, 0.29) is 18.4 Å². The molecular weight excluding hydrogens is 424 g/mol. The van der Waals surface area contributed by atoms with Gasteiger partial charge >= 0.3 is 0 Å². The molecule has 0 aliphatic carbocycles. The number of rotatable bonds is 7. The fourth-order valence-electron chi connectivity index (χ4n) is 4.11. The summed E-state index contributed by atoms with van der Waals surface area (Å²) in [5.74, 6) is -0.0690. The highest BCUT2D eigenvalue weighted by Crippen LogP contribution is 2.41. The smallest absolute Gasteiger partial charge is 0.261 e. The molecule has 4 heterocycles. The highest BCUT2D eigenvalue weighted by atomic mass is 32.1. The number of benzene rings is 1. The highest BCUT2D eigenvalue weighted by molar-refractivity contribution is 7.18. The van der Waals surface area contributed by atoms with E-state index in [1.54, 1.807) is 12.4 Å². The van der Waals surface area contributed by atoms with Crippen molar-refractivity contribution in [2.24, 2.45) is 0 Å². The molecular formula is C24H26N4O3S. The summed E-state index contributed by atoms with van der Waals surface area (Å²) in [6, 6.07) is 15.6. The fraction of sp³-hybridized carbons (Fsp3) is 0.333. The lowest BCUT2D eigenvalue weighted by Gasteiger charge is -2.32. The van der Waals surface area contributed by atoms with Gasteiger partial charge in [0, 0.05) is 38.6 Å². The van der Waals surface area contributed by atoms with Crippen LogP contribution >= 0.6 is 11.3 Å². The number of epoxide rings is 1. The Morgan fingerprint density at radius 2 is 2.09 bits per heavy atom. The minimum absolute atomic E-state index is 0.0209. The SMILES string of the molecule is Cc1cc(N2CCN(CC(O)c3ccccc3)C3OC32)sc1C(=O)NCc1cccnc1. The maximum Gasteiger partial charge on any atom is 0.261 e. The summed E-state index contributed by atoms with van der Waals surface area (Å²) in [5.41, 5.74) is 2.86. The number of nitrogens with zero attached hydrogens (tertiary/aromatic N) is 3. The first-order valence-corrected chi connectivity index (χ1v) is 11.6. The third kappa shape index (κ3) is 4.40. The molecule has 1 aromatic carbocycles. The van der Waals surface area contributed by atoms with Gasteiger partial charge in [-0.25, -0.2) is 0 Å². The fourth-order valence-corrected chi connectivity index (χ4v) is 5.26. The number of aromatic nitrogens is 1. The third-order valence-corrected chi connectivity index (χ3v) is 7.18. The second-order valence-corrected chi connectivity index (χ2v) is 9.20. The zero-order chi connectivity index (χ0) is 22.1. The number of ether oxygens (including phenoxy) is 1. The summed E-state index contributed by atoms with van der Waals surface area (Å²) in [6.07, 6.45) is 2.89. The molecule has 166 valence electrons. The number of hydrogen-bond acceptors (Lipinski definition) is 7. The van der Waals surface area contributed by atoms with Gasteiger partial charge in [0.05, 0.1) is 16.0 Å². The Balaban J connectivity index is 1.20. The number of anilines is 1. The van der Waals surface area contributed by atoms with E-state index in [1.165, 1.54) is 11.3 Å². The lowest BCUT2D eigenvalue weighted by atomic mass is 10.1. The van der Waals surface area contributed by atoms with Gasteiger partial charge in [-0.15, -0.1) is 11.3 Å². The summed E-state index contributed by atoms with van der Waals surface area (Å²) < 4.78 is 5.95. The number of pyridine rings is 1. The van der Waals surface area contributed by atoms with E-state index in [4.69, 9.17) is 4.74 Å². The molecule has 2 saturated heterocycles. The number of carbonyl (C=O) groups excluding carboxylic acids is 1. The van der Waals surface area contributed by atoms with Crippen LogP contribution in [-0.2, 0) is 11.3 Å². The summed E-state index contributed by atoms with van der Waals surface area (Å²) >= 11 is 1.50. The van der Waals surface area contributed by atoms with Gasteiger partial charge < -0.3 is 20.1 Å². The first-order chi connectivity index (χ1) is 15.6. The molecule has 3 aromatic rings. The van der Waals surface area contributed by atoms with Gasteiger partial charge in [0.15, 0.2) is 12.5 Å².